The van der Waals surface area contributed by atoms with Gasteiger partial charge >= 0.3 is 0 Å². The third kappa shape index (κ3) is 3.75. The van der Waals surface area contributed by atoms with Gasteiger partial charge in [0.05, 0.1) is 7.11 Å². The molecule has 0 aromatic heterocycles. The van der Waals surface area contributed by atoms with Gasteiger partial charge < -0.3 is 9.64 Å². The van der Waals surface area contributed by atoms with Crippen molar-refractivity contribution in [1.29, 1.82) is 0 Å². The molecule has 2 fully saturated rings. The van der Waals surface area contributed by atoms with Crippen molar-refractivity contribution in [3.63, 3.8) is 0 Å². The molecule has 2 nitrogen and oxygen atoms in total. The predicted octanol–water partition coefficient (Wildman–Crippen LogP) is 5.50. The first-order valence-corrected chi connectivity index (χ1v) is 10.3. The fourth-order valence-electron chi connectivity index (χ4n) is 5.03. The van der Waals surface area contributed by atoms with Gasteiger partial charge in [0, 0.05) is 24.3 Å². The maximum Gasteiger partial charge on any atom is 0.124 e. The highest BCUT2D eigenvalue weighted by molar-refractivity contribution is 5.60. The van der Waals surface area contributed by atoms with Crippen LogP contribution in [0, 0.1) is 11.8 Å². The van der Waals surface area contributed by atoms with E-state index in [4.69, 9.17) is 4.74 Å². The van der Waals surface area contributed by atoms with Gasteiger partial charge in [-0.2, -0.15) is 0 Å². The number of ether oxygens (including phenoxy) is 1. The molecular formula is C24H31NO. The molecule has 2 aromatic carbocycles. The Morgan fingerprint density at radius 2 is 1.69 bits per heavy atom. The highest BCUT2D eigenvalue weighted by Crippen LogP contribution is 2.39. The summed E-state index contributed by atoms with van der Waals surface area (Å²) in [5, 5.41) is 0. The minimum absolute atomic E-state index is 0.894. The molecule has 2 unspecified atom stereocenters. The number of nitrogens with zero attached hydrogens (tertiary/aromatic N) is 1. The van der Waals surface area contributed by atoms with Crippen LogP contribution >= 0.6 is 0 Å². The Labute approximate surface area is 158 Å². The number of piperidine rings is 1. The molecule has 1 heterocycles. The Morgan fingerprint density at radius 3 is 2.50 bits per heavy atom. The van der Waals surface area contributed by atoms with Crippen LogP contribution in [0.15, 0.2) is 48.5 Å². The maximum absolute atomic E-state index is 5.75. The topological polar surface area (TPSA) is 12.5 Å². The highest BCUT2D eigenvalue weighted by Gasteiger charge is 2.32. The summed E-state index contributed by atoms with van der Waals surface area (Å²) >= 11 is 0. The molecule has 2 atom stereocenters. The maximum atomic E-state index is 5.75. The predicted molar refractivity (Wildman–Crippen MR) is 109 cm³/mol. The fraction of sp³-hybridized carbons (Fsp3) is 0.500. The summed E-state index contributed by atoms with van der Waals surface area (Å²) in [6.45, 7) is 2.43. The molecule has 26 heavy (non-hydrogen) atoms. The van der Waals surface area contributed by atoms with Gasteiger partial charge in [-0.1, -0.05) is 55.7 Å². The molecule has 0 radical (unpaired) electrons. The quantitative estimate of drug-likeness (QED) is 0.707. The summed E-state index contributed by atoms with van der Waals surface area (Å²) in [4.78, 5) is 2.65. The zero-order chi connectivity index (χ0) is 17.8. The Bertz CT molecular complexity index is 711. The number of hydrogen-bond donors (Lipinski definition) is 0. The monoisotopic (exact) mass is 349 g/mol. The first-order valence-electron chi connectivity index (χ1n) is 10.3. The highest BCUT2D eigenvalue weighted by atomic mass is 16.5. The summed E-state index contributed by atoms with van der Waals surface area (Å²) in [5.74, 6) is 2.91. The molecule has 0 N–H and O–H groups in total. The number of anilines is 1. The molecule has 1 saturated heterocycles. The summed E-state index contributed by atoms with van der Waals surface area (Å²) < 4.78 is 5.75. The minimum atomic E-state index is 0.894. The van der Waals surface area contributed by atoms with E-state index in [1.807, 2.05) is 0 Å². The Kier molecular flexibility index (Phi) is 5.48. The average Bonchev–Trinajstić information content (AvgIpc) is 2.72. The van der Waals surface area contributed by atoms with Crippen molar-refractivity contribution >= 4 is 5.69 Å². The van der Waals surface area contributed by atoms with Crippen LogP contribution in [0.3, 0.4) is 0 Å². The normalized spacial score (nSPS) is 22.7. The number of benzene rings is 2. The van der Waals surface area contributed by atoms with E-state index < -0.39 is 0 Å². The van der Waals surface area contributed by atoms with Gasteiger partial charge in [-0.05, 0) is 55.2 Å². The van der Waals surface area contributed by atoms with E-state index in [0.717, 1.165) is 30.4 Å². The second kappa shape index (κ2) is 8.16. The molecule has 1 saturated carbocycles. The third-order valence-electron chi connectivity index (χ3n) is 6.47. The summed E-state index contributed by atoms with van der Waals surface area (Å²) in [6, 6.07) is 17.4. The molecule has 1 aliphatic heterocycles. The van der Waals surface area contributed by atoms with E-state index >= 15 is 0 Å². The lowest BCUT2D eigenvalue weighted by molar-refractivity contribution is 0.202. The van der Waals surface area contributed by atoms with Gasteiger partial charge in [0.1, 0.15) is 5.75 Å². The van der Waals surface area contributed by atoms with Gasteiger partial charge in [-0.3, -0.25) is 0 Å². The van der Waals surface area contributed by atoms with Crippen molar-refractivity contribution in [2.75, 3.05) is 25.1 Å². The van der Waals surface area contributed by atoms with Crippen LogP contribution in [-0.4, -0.2) is 20.2 Å². The second-order valence-electron chi connectivity index (χ2n) is 7.98. The lowest BCUT2D eigenvalue weighted by Crippen LogP contribution is -2.42. The van der Waals surface area contributed by atoms with Crippen LogP contribution in [0.2, 0.25) is 0 Å². The van der Waals surface area contributed by atoms with Crippen molar-refractivity contribution in [3.05, 3.63) is 59.7 Å². The third-order valence-corrected chi connectivity index (χ3v) is 6.47. The SMILES string of the molecule is COc1cccc(N2CCC3CCCCC3C2)c1CCc1ccccc1. The first kappa shape index (κ1) is 17.5. The fourth-order valence-corrected chi connectivity index (χ4v) is 5.03. The van der Waals surface area contributed by atoms with Crippen LogP contribution in [0.4, 0.5) is 5.69 Å². The molecular weight excluding hydrogens is 318 g/mol. The molecule has 0 spiro atoms. The van der Waals surface area contributed by atoms with Crippen LogP contribution in [0.5, 0.6) is 5.75 Å². The first-order chi connectivity index (χ1) is 12.8. The number of aryl methyl sites for hydroxylation is 1. The number of rotatable bonds is 5. The summed E-state index contributed by atoms with van der Waals surface area (Å²) in [7, 11) is 1.80. The van der Waals surface area contributed by atoms with Gasteiger partial charge in [-0.25, -0.2) is 0 Å². The van der Waals surface area contributed by atoms with Gasteiger partial charge in [-0.15, -0.1) is 0 Å². The largest absolute Gasteiger partial charge is 0.496 e. The van der Waals surface area contributed by atoms with Crippen LogP contribution in [-0.2, 0) is 12.8 Å². The van der Waals surface area contributed by atoms with E-state index in [1.165, 1.54) is 62.0 Å². The Morgan fingerprint density at radius 1 is 0.885 bits per heavy atom. The van der Waals surface area contributed by atoms with Crippen LogP contribution < -0.4 is 9.64 Å². The van der Waals surface area contributed by atoms with Crippen LogP contribution in [0.1, 0.15) is 43.2 Å². The molecule has 2 heteroatoms. The van der Waals surface area contributed by atoms with E-state index in [-0.39, 0.29) is 0 Å². The number of methoxy groups -OCH3 is 1. The van der Waals surface area contributed by atoms with E-state index in [0.29, 0.717) is 0 Å². The van der Waals surface area contributed by atoms with Crippen LogP contribution in [0.25, 0.3) is 0 Å². The molecule has 2 aliphatic rings. The lowest BCUT2D eigenvalue weighted by atomic mass is 9.75. The van der Waals surface area contributed by atoms with Crippen molar-refractivity contribution in [2.24, 2.45) is 11.8 Å². The van der Waals surface area contributed by atoms with E-state index in [9.17, 15) is 0 Å². The van der Waals surface area contributed by atoms with Crippen molar-refractivity contribution in [2.45, 2.75) is 44.9 Å². The molecule has 4 rings (SSSR count). The number of hydrogen-bond acceptors (Lipinski definition) is 2. The molecule has 0 amide bonds. The van der Waals surface area contributed by atoms with Crippen molar-refractivity contribution in [1.82, 2.24) is 0 Å². The summed E-state index contributed by atoms with van der Waals surface area (Å²) in [6.07, 6.45) is 9.21. The lowest BCUT2D eigenvalue weighted by Gasteiger charge is -2.43. The van der Waals surface area contributed by atoms with Gasteiger partial charge in [0.25, 0.3) is 0 Å². The van der Waals surface area contributed by atoms with Gasteiger partial charge in [0.2, 0.25) is 0 Å². The second-order valence-corrected chi connectivity index (χ2v) is 7.98. The zero-order valence-electron chi connectivity index (χ0n) is 16.0. The molecule has 2 aromatic rings. The molecule has 1 aliphatic carbocycles. The molecule has 0 bridgehead atoms. The zero-order valence-corrected chi connectivity index (χ0v) is 16.0. The smallest absolute Gasteiger partial charge is 0.124 e. The Balaban J connectivity index is 1.55. The average molecular weight is 350 g/mol. The standard InChI is InChI=1S/C24H31NO/c1-26-24-13-7-12-23(22(24)15-14-19-8-3-2-4-9-19)25-17-16-20-10-5-6-11-21(20)18-25/h2-4,7-9,12-13,20-21H,5-6,10-11,14-18H2,1H3. The number of fused-ring (bicyclic) bond motifs is 1. The molecule has 138 valence electrons. The van der Waals surface area contributed by atoms with Crippen molar-refractivity contribution < 1.29 is 4.74 Å². The van der Waals surface area contributed by atoms with E-state index in [1.54, 1.807) is 7.11 Å². The Hall–Kier alpha value is -1.96. The van der Waals surface area contributed by atoms with Crippen molar-refractivity contribution in [3.8, 4) is 5.75 Å². The summed E-state index contributed by atoms with van der Waals surface area (Å²) in [5.41, 5.74) is 4.19. The minimum Gasteiger partial charge on any atom is -0.496 e. The van der Waals surface area contributed by atoms with E-state index in [2.05, 4.69) is 53.4 Å². The van der Waals surface area contributed by atoms with Gasteiger partial charge in [0.15, 0.2) is 0 Å².